The van der Waals surface area contributed by atoms with Gasteiger partial charge in [-0.3, -0.25) is 4.79 Å². The van der Waals surface area contributed by atoms with Crippen LogP contribution in [0.15, 0.2) is 21.3 Å². The molecule has 0 spiro atoms. The van der Waals surface area contributed by atoms with Crippen LogP contribution in [-0.4, -0.2) is 33.2 Å². The van der Waals surface area contributed by atoms with Crippen molar-refractivity contribution in [2.75, 3.05) is 0 Å². The van der Waals surface area contributed by atoms with Crippen molar-refractivity contribution in [3.63, 3.8) is 0 Å². The summed E-state index contributed by atoms with van der Waals surface area (Å²) in [6, 6.07) is 2.45. The lowest BCUT2D eigenvalue weighted by Crippen LogP contribution is -2.62. The van der Waals surface area contributed by atoms with E-state index in [0.717, 1.165) is 12.8 Å². The first-order valence-corrected chi connectivity index (χ1v) is 9.44. The number of aromatic hydroxyl groups is 2. The average molecular weight is 388 g/mol. The highest BCUT2D eigenvalue weighted by Crippen LogP contribution is 2.33. The first kappa shape index (κ1) is 20.2. The summed E-state index contributed by atoms with van der Waals surface area (Å²) in [4.78, 5) is 25.1. The number of carbonyl (C=O) groups excluding carboxylic acids is 1. The maximum Gasteiger partial charge on any atom is 0.340 e. The Bertz CT molecular complexity index is 974. The molecular weight excluding hydrogens is 360 g/mol. The van der Waals surface area contributed by atoms with Crippen molar-refractivity contribution in [3.8, 4) is 11.5 Å². The van der Waals surface area contributed by atoms with Gasteiger partial charge in [0, 0.05) is 29.3 Å². The monoisotopic (exact) mass is 388 g/mol. The van der Waals surface area contributed by atoms with Crippen molar-refractivity contribution in [1.29, 1.82) is 0 Å². The SMILES string of the molecule is Cc1c(CC(=O)NC2CC(C)(C)NC(C)(C)C2)c(=O)oc2cc(O)cc(O)c12. The molecule has 0 radical (unpaired) electrons. The highest BCUT2D eigenvalue weighted by molar-refractivity contribution is 5.90. The van der Waals surface area contributed by atoms with Crippen LogP contribution in [0, 0.1) is 6.92 Å². The van der Waals surface area contributed by atoms with Crippen molar-refractivity contribution >= 4 is 16.9 Å². The Balaban J connectivity index is 1.85. The molecule has 0 unspecified atom stereocenters. The number of rotatable bonds is 3. The number of nitrogens with one attached hydrogen (secondary N) is 2. The molecule has 7 heteroatoms. The van der Waals surface area contributed by atoms with Crippen molar-refractivity contribution in [3.05, 3.63) is 33.7 Å². The zero-order valence-electron chi connectivity index (χ0n) is 17.0. The highest BCUT2D eigenvalue weighted by atomic mass is 16.4. The summed E-state index contributed by atoms with van der Waals surface area (Å²) in [7, 11) is 0. The van der Waals surface area contributed by atoms with Gasteiger partial charge in [0.15, 0.2) is 0 Å². The highest BCUT2D eigenvalue weighted by Gasteiger charge is 2.38. The number of fused-ring (bicyclic) bond motifs is 1. The van der Waals surface area contributed by atoms with Crippen molar-refractivity contribution in [1.82, 2.24) is 10.6 Å². The van der Waals surface area contributed by atoms with Crippen LogP contribution >= 0.6 is 0 Å². The molecule has 1 aliphatic heterocycles. The van der Waals surface area contributed by atoms with Crippen LogP contribution in [-0.2, 0) is 11.2 Å². The van der Waals surface area contributed by atoms with Crippen LogP contribution in [0.25, 0.3) is 11.0 Å². The molecule has 4 N–H and O–H groups in total. The number of phenols is 2. The Morgan fingerprint density at radius 3 is 2.43 bits per heavy atom. The Kier molecular flexibility index (Phi) is 4.91. The Hall–Kier alpha value is -2.54. The van der Waals surface area contributed by atoms with Gasteiger partial charge in [-0.15, -0.1) is 0 Å². The number of piperidine rings is 1. The van der Waals surface area contributed by atoms with E-state index in [1.54, 1.807) is 6.92 Å². The molecule has 2 aromatic rings. The van der Waals surface area contributed by atoms with E-state index < -0.39 is 5.63 Å². The number of amides is 1. The van der Waals surface area contributed by atoms with E-state index in [2.05, 4.69) is 38.3 Å². The maximum atomic E-state index is 12.7. The Morgan fingerprint density at radius 2 is 1.82 bits per heavy atom. The lowest BCUT2D eigenvalue weighted by molar-refractivity contribution is -0.121. The minimum Gasteiger partial charge on any atom is -0.508 e. The molecule has 2 heterocycles. The molecule has 1 saturated heterocycles. The van der Waals surface area contributed by atoms with E-state index in [1.165, 1.54) is 12.1 Å². The predicted octanol–water partition coefficient (Wildman–Crippen LogP) is 2.48. The first-order valence-electron chi connectivity index (χ1n) is 9.44. The third-order valence-corrected chi connectivity index (χ3v) is 5.24. The molecule has 1 aliphatic rings. The fourth-order valence-corrected chi connectivity index (χ4v) is 4.58. The van der Waals surface area contributed by atoms with Crippen molar-refractivity contribution in [2.45, 2.75) is 71.0 Å². The van der Waals surface area contributed by atoms with E-state index in [0.29, 0.717) is 10.9 Å². The van der Waals surface area contributed by atoms with Gasteiger partial charge in [-0.05, 0) is 53.0 Å². The van der Waals surface area contributed by atoms with E-state index in [-0.39, 0.29) is 52.1 Å². The number of benzene rings is 1. The number of phenolic OH excluding ortho intramolecular Hbond substituents is 2. The first-order chi connectivity index (χ1) is 12.9. The minimum atomic E-state index is -0.642. The topological polar surface area (TPSA) is 112 Å². The molecule has 0 bridgehead atoms. The third-order valence-electron chi connectivity index (χ3n) is 5.24. The third kappa shape index (κ3) is 4.14. The molecule has 1 amide bonds. The zero-order chi connectivity index (χ0) is 20.9. The van der Waals surface area contributed by atoms with Crippen LogP contribution in [0.5, 0.6) is 11.5 Å². The van der Waals surface area contributed by atoms with Gasteiger partial charge in [0.05, 0.1) is 17.4 Å². The molecule has 28 heavy (non-hydrogen) atoms. The van der Waals surface area contributed by atoms with Crippen molar-refractivity contribution in [2.24, 2.45) is 0 Å². The zero-order valence-corrected chi connectivity index (χ0v) is 17.0. The van der Waals surface area contributed by atoms with Crippen LogP contribution in [0.1, 0.15) is 51.7 Å². The van der Waals surface area contributed by atoms with E-state index in [1.807, 2.05) is 0 Å². The van der Waals surface area contributed by atoms with E-state index >= 15 is 0 Å². The molecule has 152 valence electrons. The van der Waals surface area contributed by atoms with Crippen LogP contribution < -0.4 is 16.3 Å². The van der Waals surface area contributed by atoms with Crippen molar-refractivity contribution < 1.29 is 19.4 Å². The van der Waals surface area contributed by atoms with Gasteiger partial charge in [0.1, 0.15) is 17.1 Å². The summed E-state index contributed by atoms with van der Waals surface area (Å²) in [5, 5.41) is 26.6. The van der Waals surface area contributed by atoms with Gasteiger partial charge in [0.25, 0.3) is 0 Å². The van der Waals surface area contributed by atoms with Gasteiger partial charge in [-0.2, -0.15) is 0 Å². The lowest BCUT2D eigenvalue weighted by atomic mass is 9.79. The summed E-state index contributed by atoms with van der Waals surface area (Å²) in [6.07, 6.45) is 1.44. The van der Waals surface area contributed by atoms with Gasteiger partial charge < -0.3 is 25.3 Å². The molecule has 3 rings (SSSR count). The average Bonchev–Trinajstić information content (AvgIpc) is 2.47. The largest absolute Gasteiger partial charge is 0.508 e. The summed E-state index contributed by atoms with van der Waals surface area (Å²) in [5.41, 5.74) is -0.0815. The molecular formula is C21H28N2O5. The summed E-state index contributed by atoms with van der Waals surface area (Å²) in [6.45, 7) is 10.1. The van der Waals surface area contributed by atoms with Crippen LogP contribution in [0.2, 0.25) is 0 Å². The summed E-state index contributed by atoms with van der Waals surface area (Å²) >= 11 is 0. The fraction of sp³-hybridized carbons (Fsp3) is 0.524. The number of hydrogen-bond acceptors (Lipinski definition) is 6. The maximum absolute atomic E-state index is 12.7. The summed E-state index contributed by atoms with van der Waals surface area (Å²) in [5.74, 6) is -0.652. The van der Waals surface area contributed by atoms with E-state index in [9.17, 15) is 19.8 Å². The lowest BCUT2D eigenvalue weighted by Gasteiger charge is -2.46. The molecule has 0 saturated carbocycles. The number of hydrogen-bond donors (Lipinski definition) is 4. The van der Waals surface area contributed by atoms with Gasteiger partial charge in [-0.25, -0.2) is 4.79 Å². The van der Waals surface area contributed by atoms with E-state index in [4.69, 9.17) is 4.42 Å². The summed E-state index contributed by atoms with van der Waals surface area (Å²) < 4.78 is 5.23. The Morgan fingerprint density at radius 1 is 1.21 bits per heavy atom. The number of carbonyl (C=O) groups is 1. The normalized spacial score (nSPS) is 18.9. The second-order valence-electron chi connectivity index (χ2n) is 9.07. The smallest absolute Gasteiger partial charge is 0.340 e. The van der Waals surface area contributed by atoms with Crippen LogP contribution in [0.4, 0.5) is 0 Å². The Labute approximate surface area is 163 Å². The van der Waals surface area contributed by atoms with Gasteiger partial charge in [0.2, 0.25) is 5.91 Å². The molecule has 1 aromatic heterocycles. The molecule has 0 atom stereocenters. The second-order valence-corrected chi connectivity index (χ2v) is 9.07. The molecule has 0 aliphatic carbocycles. The molecule has 1 fully saturated rings. The molecule has 1 aromatic carbocycles. The quantitative estimate of drug-likeness (QED) is 0.601. The van der Waals surface area contributed by atoms with Gasteiger partial charge >= 0.3 is 5.63 Å². The molecule has 7 nitrogen and oxygen atoms in total. The number of aryl methyl sites for hydroxylation is 1. The predicted molar refractivity (Wildman–Crippen MR) is 107 cm³/mol. The standard InChI is InChI=1S/C21H28N2O5/c1-11-14(19(27)28-16-7-13(24)6-15(25)18(11)16)8-17(26)22-12-9-20(2,3)23-21(4,5)10-12/h6-7,12,23-25H,8-10H2,1-5H3,(H,22,26). The fourth-order valence-electron chi connectivity index (χ4n) is 4.58. The van der Waals surface area contributed by atoms with Crippen LogP contribution in [0.3, 0.4) is 0 Å². The second kappa shape index (κ2) is 6.81. The van der Waals surface area contributed by atoms with Gasteiger partial charge in [-0.1, -0.05) is 0 Å². The minimum absolute atomic E-state index is 0.00287.